The van der Waals surface area contributed by atoms with Crippen LogP contribution in [0.25, 0.3) is 0 Å². The molecule has 0 aromatic heterocycles. The molecule has 3 rings (SSSR count). The maximum Gasteiger partial charge on any atom is 0.417 e. The molecule has 2 aromatic rings. The summed E-state index contributed by atoms with van der Waals surface area (Å²) in [4.78, 5) is 23.8. The highest BCUT2D eigenvalue weighted by Gasteiger charge is 2.40. The zero-order chi connectivity index (χ0) is 24.9. The van der Waals surface area contributed by atoms with E-state index in [4.69, 9.17) is 0 Å². The normalized spacial score (nSPS) is 15.6. The predicted molar refractivity (Wildman–Crippen MR) is 119 cm³/mol. The lowest BCUT2D eigenvalue weighted by atomic mass is 9.97. The van der Waals surface area contributed by atoms with E-state index in [0.29, 0.717) is 12.1 Å². The Kier molecular flexibility index (Phi) is 7.98. The van der Waals surface area contributed by atoms with Gasteiger partial charge in [0.25, 0.3) is 5.91 Å². The van der Waals surface area contributed by atoms with E-state index in [1.54, 1.807) is 24.3 Å². The summed E-state index contributed by atoms with van der Waals surface area (Å²) in [6, 6.07) is 10.9. The van der Waals surface area contributed by atoms with Gasteiger partial charge in [0.05, 0.1) is 10.5 Å². The summed E-state index contributed by atoms with van der Waals surface area (Å²) in [5, 5.41) is 5.50. The van der Waals surface area contributed by atoms with Gasteiger partial charge in [-0.3, -0.25) is 9.59 Å². The fraction of sp³-hybridized carbons (Fsp3) is 0.391. The first-order valence-corrected chi connectivity index (χ1v) is 12.3. The highest BCUT2D eigenvalue weighted by Crippen LogP contribution is 2.36. The Balaban J connectivity index is 1.60. The minimum absolute atomic E-state index is 0.0563. The van der Waals surface area contributed by atoms with E-state index in [9.17, 15) is 31.2 Å². The first-order chi connectivity index (χ1) is 16.0. The molecule has 2 aromatic carbocycles. The number of carbonyl (C=O) groups is 2. The van der Waals surface area contributed by atoms with Crippen molar-refractivity contribution in [1.82, 2.24) is 14.9 Å². The Labute approximate surface area is 196 Å². The fourth-order valence-corrected chi connectivity index (χ4v) is 5.52. The van der Waals surface area contributed by atoms with Gasteiger partial charge < -0.3 is 10.6 Å². The lowest BCUT2D eigenvalue weighted by molar-refractivity contribution is -0.139. The van der Waals surface area contributed by atoms with Crippen LogP contribution in [-0.4, -0.2) is 44.2 Å². The van der Waals surface area contributed by atoms with Gasteiger partial charge in [-0.15, -0.1) is 0 Å². The van der Waals surface area contributed by atoms with Crippen LogP contribution < -0.4 is 10.6 Å². The molecular formula is C23H26F3N3O4S. The van der Waals surface area contributed by atoms with Crippen LogP contribution in [0.15, 0.2) is 53.4 Å². The topological polar surface area (TPSA) is 95.6 Å². The summed E-state index contributed by atoms with van der Waals surface area (Å²) >= 11 is 0. The average molecular weight is 498 g/mol. The SMILES string of the molecule is CCNC(=O)c1cccc(CNC(=O)C2CCN(S(=O)(=O)c3ccccc3C(F)(F)F)CC2)c1. The average Bonchev–Trinajstić information content (AvgIpc) is 2.82. The monoisotopic (exact) mass is 497 g/mol. The van der Waals surface area contributed by atoms with Crippen molar-refractivity contribution < 1.29 is 31.2 Å². The number of hydrogen-bond acceptors (Lipinski definition) is 4. The van der Waals surface area contributed by atoms with Gasteiger partial charge in [0.1, 0.15) is 0 Å². The summed E-state index contributed by atoms with van der Waals surface area (Å²) in [7, 11) is -4.35. The van der Waals surface area contributed by atoms with Crippen molar-refractivity contribution >= 4 is 21.8 Å². The third-order valence-electron chi connectivity index (χ3n) is 5.63. The number of amides is 2. The molecule has 0 unspecified atom stereocenters. The molecular weight excluding hydrogens is 471 g/mol. The number of rotatable bonds is 7. The third kappa shape index (κ3) is 5.95. The number of nitrogens with one attached hydrogen (secondary N) is 2. The van der Waals surface area contributed by atoms with Crippen LogP contribution in [0.4, 0.5) is 13.2 Å². The number of halogens is 3. The molecule has 0 saturated carbocycles. The highest BCUT2D eigenvalue weighted by molar-refractivity contribution is 7.89. The standard InChI is InChI=1S/C23H26F3N3O4S/c1-2-27-22(31)18-7-5-6-16(14-18)15-28-21(30)17-10-12-29(13-11-17)34(32,33)20-9-4-3-8-19(20)23(24,25)26/h3-9,14,17H,2,10-13,15H2,1H3,(H,27,31)(H,28,30). The van der Waals surface area contributed by atoms with Gasteiger partial charge in [-0.05, 0) is 49.6 Å². The molecule has 34 heavy (non-hydrogen) atoms. The van der Waals surface area contributed by atoms with E-state index in [1.807, 2.05) is 6.92 Å². The van der Waals surface area contributed by atoms with Crippen molar-refractivity contribution in [1.29, 1.82) is 0 Å². The number of nitrogens with zero attached hydrogens (tertiary/aromatic N) is 1. The van der Waals surface area contributed by atoms with Crippen molar-refractivity contribution in [2.24, 2.45) is 5.92 Å². The summed E-state index contributed by atoms with van der Waals surface area (Å²) in [6.45, 7) is 2.39. The molecule has 1 saturated heterocycles. The lowest BCUT2D eigenvalue weighted by Gasteiger charge is -2.31. The minimum Gasteiger partial charge on any atom is -0.352 e. The van der Waals surface area contributed by atoms with Crippen LogP contribution in [0.5, 0.6) is 0 Å². The number of sulfonamides is 1. The van der Waals surface area contributed by atoms with Crippen molar-refractivity contribution in [2.75, 3.05) is 19.6 Å². The second-order valence-corrected chi connectivity index (χ2v) is 9.86. The molecule has 0 bridgehead atoms. The fourth-order valence-electron chi connectivity index (χ4n) is 3.84. The second kappa shape index (κ2) is 10.6. The van der Waals surface area contributed by atoms with Crippen molar-refractivity contribution in [3.8, 4) is 0 Å². The Hall–Kier alpha value is -2.92. The number of carbonyl (C=O) groups excluding carboxylic acids is 2. The molecule has 0 atom stereocenters. The molecule has 0 spiro atoms. The first kappa shape index (κ1) is 25.7. The summed E-state index contributed by atoms with van der Waals surface area (Å²) in [6.07, 6.45) is -4.41. The van der Waals surface area contributed by atoms with E-state index in [0.717, 1.165) is 28.1 Å². The van der Waals surface area contributed by atoms with E-state index in [1.165, 1.54) is 6.07 Å². The smallest absolute Gasteiger partial charge is 0.352 e. The Bertz CT molecular complexity index is 1140. The van der Waals surface area contributed by atoms with Gasteiger partial charge in [-0.1, -0.05) is 24.3 Å². The van der Waals surface area contributed by atoms with E-state index in [-0.39, 0.29) is 44.3 Å². The highest BCUT2D eigenvalue weighted by atomic mass is 32.2. The Morgan fingerprint density at radius 3 is 2.35 bits per heavy atom. The Morgan fingerprint density at radius 2 is 1.71 bits per heavy atom. The second-order valence-electron chi connectivity index (χ2n) is 7.95. The van der Waals surface area contributed by atoms with Gasteiger partial charge in [-0.25, -0.2) is 8.42 Å². The zero-order valence-corrected chi connectivity index (χ0v) is 19.4. The largest absolute Gasteiger partial charge is 0.417 e. The molecule has 0 radical (unpaired) electrons. The van der Waals surface area contributed by atoms with Crippen LogP contribution in [0.2, 0.25) is 0 Å². The van der Waals surface area contributed by atoms with E-state index < -0.39 is 32.6 Å². The molecule has 1 heterocycles. The maximum atomic E-state index is 13.3. The van der Waals surface area contributed by atoms with Crippen molar-refractivity contribution in [3.63, 3.8) is 0 Å². The third-order valence-corrected chi connectivity index (χ3v) is 7.59. The molecule has 1 aliphatic heterocycles. The lowest BCUT2D eigenvalue weighted by Crippen LogP contribution is -2.43. The van der Waals surface area contributed by atoms with Gasteiger partial charge in [0.2, 0.25) is 15.9 Å². The molecule has 1 fully saturated rings. The molecule has 2 N–H and O–H groups in total. The molecule has 1 aliphatic rings. The summed E-state index contributed by atoms with van der Waals surface area (Å²) in [5.74, 6) is -0.941. The molecule has 2 amide bonds. The number of benzene rings is 2. The van der Waals surface area contributed by atoms with E-state index >= 15 is 0 Å². The van der Waals surface area contributed by atoms with Gasteiger partial charge in [0.15, 0.2) is 0 Å². The predicted octanol–water partition coefficient (Wildman–Crippen LogP) is 3.17. The first-order valence-electron chi connectivity index (χ1n) is 10.8. The van der Waals surface area contributed by atoms with E-state index in [2.05, 4.69) is 10.6 Å². The molecule has 184 valence electrons. The number of hydrogen-bond donors (Lipinski definition) is 2. The minimum atomic E-state index is -4.80. The van der Waals surface area contributed by atoms with Crippen LogP contribution in [0.3, 0.4) is 0 Å². The quantitative estimate of drug-likeness (QED) is 0.614. The summed E-state index contributed by atoms with van der Waals surface area (Å²) in [5.41, 5.74) is 0.0110. The molecule has 0 aliphatic carbocycles. The van der Waals surface area contributed by atoms with Crippen LogP contribution in [-0.2, 0) is 27.5 Å². The molecule has 11 heteroatoms. The van der Waals surface area contributed by atoms with Crippen LogP contribution in [0.1, 0.15) is 41.3 Å². The maximum absolute atomic E-state index is 13.3. The number of piperidine rings is 1. The zero-order valence-electron chi connectivity index (χ0n) is 18.6. The van der Waals surface area contributed by atoms with Crippen LogP contribution in [0, 0.1) is 5.92 Å². The van der Waals surface area contributed by atoms with Gasteiger partial charge in [0, 0.05) is 37.7 Å². The Morgan fingerprint density at radius 1 is 1.03 bits per heavy atom. The van der Waals surface area contributed by atoms with Crippen LogP contribution >= 0.6 is 0 Å². The molecule has 7 nitrogen and oxygen atoms in total. The van der Waals surface area contributed by atoms with Crippen molar-refractivity contribution in [2.45, 2.75) is 37.4 Å². The summed E-state index contributed by atoms with van der Waals surface area (Å²) < 4.78 is 66.6. The van der Waals surface area contributed by atoms with Gasteiger partial charge in [-0.2, -0.15) is 17.5 Å². The number of alkyl halides is 3. The van der Waals surface area contributed by atoms with Crippen molar-refractivity contribution in [3.05, 3.63) is 65.2 Å². The van der Waals surface area contributed by atoms with Gasteiger partial charge >= 0.3 is 6.18 Å².